The van der Waals surface area contributed by atoms with Crippen LogP contribution in [0.1, 0.15) is 23.9 Å². The zero-order valence-corrected chi connectivity index (χ0v) is 14.5. The van der Waals surface area contributed by atoms with E-state index in [1.54, 1.807) is 16.0 Å². The summed E-state index contributed by atoms with van der Waals surface area (Å²) in [6.07, 6.45) is 2.58. The van der Waals surface area contributed by atoms with E-state index >= 15 is 0 Å². The number of thiazole rings is 1. The summed E-state index contributed by atoms with van der Waals surface area (Å²) in [7, 11) is 0. The molecule has 0 radical (unpaired) electrons. The van der Waals surface area contributed by atoms with Crippen LogP contribution in [0.5, 0.6) is 0 Å². The quantitative estimate of drug-likeness (QED) is 0.810. The zero-order valence-electron chi connectivity index (χ0n) is 13.7. The number of nitrogens with zero attached hydrogens (tertiary/aromatic N) is 3. The van der Waals surface area contributed by atoms with Gasteiger partial charge in [0.1, 0.15) is 5.01 Å². The fourth-order valence-corrected chi connectivity index (χ4v) is 3.48. The first kappa shape index (κ1) is 16.6. The van der Waals surface area contributed by atoms with Crippen molar-refractivity contribution in [1.29, 1.82) is 0 Å². The molecule has 0 saturated carbocycles. The van der Waals surface area contributed by atoms with Gasteiger partial charge < -0.3 is 9.80 Å². The maximum absolute atomic E-state index is 12.8. The second-order valence-electron chi connectivity index (χ2n) is 6.11. The van der Waals surface area contributed by atoms with E-state index in [-0.39, 0.29) is 24.3 Å². The molecular weight excluding hydrogens is 322 g/mol. The highest BCUT2D eigenvalue weighted by molar-refractivity contribution is 7.09. The Hall–Kier alpha value is -2.21. The van der Waals surface area contributed by atoms with Crippen molar-refractivity contribution in [2.45, 2.75) is 26.4 Å². The van der Waals surface area contributed by atoms with E-state index in [1.807, 2.05) is 42.6 Å². The number of likely N-dealkylation sites (tertiary alicyclic amines) is 1. The van der Waals surface area contributed by atoms with Gasteiger partial charge >= 0.3 is 0 Å². The molecule has 3 rings (SSSR count). The summed E-state index contributed by atoms with van der Waals surface area (Å²) in [6, 6.07) is 9.90. The first-order valence-electron chi connectivity index (χ1n) is 8.12. The minimum atomic E-state index is -0.0310. The van der Waals surface area contributed by atoms with Crippen LogP contribution in [0.4, 0.5) is 0 Å². The molecular formula is C18H21N3O2S. The molecule has 0 aliphatic carbocycles. The van der Waals surface area contributed by atoms with Crippen LogP contribution in [0.15, 0.2) is 41.9 Å². The molecule has 0 spiro atoms. The number of rotatable bonds is 6. The number of hydrogen-bond acceptors (Lipinski definition) is 4. The smallest absolute Gasteiger partial charge is 0.242 e. The molecule has 0 N–H and O–H groups in total. The normalized spacial score (nSPS) is 17.3. The van der Waals surface area contributed by atoms with E-state index in [0.717, 1.165) is 17.0 Å². The number of benzene rings is 1. The molecule has 1 aromatic carbocycles. The van der Waals surface area contributed by atoms with E-state index in [2.05, 4.69) is 4.98 Å². The molecule has 1 aliphatic heterocycles. The average Bonchev–Trinajstić information content (AvgIpc) is 3.20. The minimum absolute atomic E-state index is 0.0272. The number of amides is 2. The zero-order chi connectivity index (χ0) is 16.9. The van der Waals surface area contributed by atoms with Crippen molar-refractivity contribution in [3.8, 4) is 0 Å². The molecule has 2 heterocycles. The Bertz CT molecular complexity index is 688. The summed E-state index contributed by atoms with van der Waals surface area (Å²) in [6.45, 7) is 3.74. The van der Waals surface area contributed by atoms with Crippen LogP contribution in [-0.4, -0.2) is 39.7 Å². The summed E-state index contributed by atoms with van der Waals surface area (Å²) in [4.78, 5) is 32.6. The first-order valence-corrected chi connectivity index (χ1v) is 9.00. The van der Waals surface area contributed by atoms with Crippen molar-refractivity contribution in [3.63, 3.8) is 0 Å². The third-order valence-corrected chi connectivity index (χ3v) is 5.03. The van der Waals surface area contributed by atoms with Crippen LogP contribution in [0.25, 0.3) is 0 Å². The molecule has 24 heavy (non-hydrogen) atoms. The van der Waals surface area contributed by atoms with Crippen molar-refractivity contribution in [1.82, 2.24) is 14.8 Å². The maximum atomic E-state index is 12.8. The van der Waals surface area contributed by atoms with Crippen LogP contribution in [-0.2, 0) is 22.7 Å². The van der Waals surface area contributed by atoms with Crippen LogP contribution in [0, 0.1) is 5.92 Å². The number of carbonyl (C=O) groups is 2. The number of hydrogen-bond donors (Lipinski definition) is 0. The lowest BCUT2D eigenvalue weighted by Crippen LogP contribution is -2.40. The van der Waals surface area contributed by atoms with Crippen molar-refractivity contribution >= 4 is 23.2 Å². The lowest BCUT2D eigenvalue weighted by Gasteiger charge is -2.25. The highest BCUT2D eigenvalue weighted by Gasteiger charge is 2.30. The van der Waals surface area contributed by atoms with Crippen LogP contribution in [0.2, 0.25) is 0 Å². The molecule has 1 aliphatic rings. The summed E-state index contributed by atoms with van der Waals surface area (Å²) in [5.74, 6) is 0.0769. The van der Waals surface area contributed by atoms with Crippen molar-refractivity contribution in [3.05, 3.63) is 52.5 Å². The molecule has 0 unspecified atom stereocenters. The Kier molecular flexibility index (Phi) is 5.25. The maximum Gasteiger partial charge on any atom is 0.242 e. The van der Waals surface area contributed by atoms with Gasteiger partial charge in [-0.25, -0.2) is 4.98 Å². The van der Waals surface area contributed by atoms with Crippen molar-refractivity contribution < 1.29 is 9.59 Å². The Morgan fingerprint density at radius 2 is 2.12 bits per heavy atom. The van der Waals surface area contributed by atoms with E-state index in [0.29, 0.717) is 19.6 Å². The van der Waals surface area contributed by atoms with Gasteiger partial charge in [-0.05, 0) is 12.0 Å². The second-order valence-corrected chi connectivity index (χ2v) is 7.09. The summed E-state index contributed by atoms with van der Waals surface area (Å²) < 4.78 is 0. The van der Waals surface area contributed by atoms with E-state index in [1.165, 1.54) is 11.3 Å². The highest BCUT2D eigenvalue weighted by atomic mass is 32.1. The standard InChI is InChI=1S/C18H21N3O2S/c1-14-7-9-20(18(14)23)13-17(22)21(12-16-19-8-10-24-16)11-15-5-3-2-4-6-15/h2-6,8,10,14H,7,9,11-13H2,1H3/t14-/m0/s1. The second kappa shape index (κ2) is 7.57. The Morgan fingerprint density at radius 1 is 1.33 bits per heavy atom. The predicted octanol–water partition coefficient (Wildman–Crippen LogP) is 2.54. The summed E-state index contributed by atoms with van der Waals surface area (Å²) in [5, 5.41) is 2.81. The van der Waals surface area contributed by atoms with E-state index < -0.39 is 0 Å². The SMILES string of the molecule is C[C@H]1CCN(CC(=O)N(Cc2ccccc2)Cc2nccs2)C1=O. The number of aromatic nitrogens is 1. The Labute approximate surface area is 145 Å². The summed E-state index contributed by atoms with van der Waals surface area (Å²) in [5.41, 5.74) is 1.07. The van der Waals surface area contributed by atoms with Gasteiger partial charge in [0, 0.05) is 30.6 Å². The minimum Gasteiger partial charge on any atom is -0.333 e. The van der Waals surface area contributed by atoms with Gasteiger partial charge in [0.15, 0.2) is 0 Å². The molecule has 6 heteroatoms. The highest BCUT2D eigenvalue weighted by Crippen LogP contribution is 2.18. The van der Waals surface area contributed by atoms with Crippen molar-refractivity contribution in [2.75, 3.05) is 13.1 Å². The van der Waals surface area contributed by atoms with Gasteiger partial charge in [-0.2, -0.15) is 0 Å². The Balaban J connectivity index is 1.70. The van der Waals surface area contributed by atoms with Gasteiger partial charge in [0.25, 0.3) is 0 Å². The van der Waals surface area contributed by atoms with Gasteiger partial charge in [-0.15, -0.1) is 11.3 Å². The van der Waals surface area contributed by atoms with E-state index in [4.69, 9.17) is 0 Å². The lowest BCUT2D eigenvalue weighted by molar-refractivity contribution is -0.140. The largest absolute Gasteiger partial charge is 0.333 e. The molecule has 5 nitrogen and oxygen atoms in total. The third kappa shape index (κ3) is 4.00. The van der Waals surface area contributed by atoms with Crippen LogP contribution >= 0.6 is 11.3 Å². The fraction of sp³-hybridized carbons (Fsp3) is 0.389. The molecule has 1 atom stereocenters. The summed E-state index contributed by atoms with van der Waals surface area (Å²) >= 11 is 1.54. The Morgan fingerprint density at radius 3 is 2.75 bits per heavy atom. The first-order chi connectivity index (χ1) is 11.6. The average molecular weight is 343 g/mol. The van der Waals surface area contributed by atoms with Crippen LogP contribution in [0.3, 0.4) is 0 Å². The van der Waals surface area contributed by atoms with E-state index in [9.17, 15) is 9.59 Å². The molecule has 2 aromatic rings. The molecule has 1 fully saturated rings. The monoisotopic (exact) mass is 343 g/mol. The fourth-order valence-electron chi connectivity index (χ4n) is 2.85. The molecule has 1 aromatic heterocycles. The predicted molar refractivity (Wildman–Crippen MR) is 93.2 cm³/mol. The molecule has 0 bridgehead atoms. The van der Waals surface area contributed by atoms with Crippen LogP contribution < -0.4 is 0 Å². The van der Waals surface area contributed by atoms with Gasteiger partial charge in [-0.3, -0.25) is 9.59 Å². The third-order valence-electron chi connectivity index (χ3n) is 4.27. The molecule has 1 saturated heterocycles. The van der Waals surface area contributed by atoms with Gasteiger partial charge in [0.2, 0.25) is 11.8 Å². The molecule has 2 amide bonds. The van der Waals surface area contributed by atoms with Crippen molar-refractivity contribution in [2.24, 2.45) is 5.92 Å². The lowest BCUT2D eigenvalue weighted by atomic mass is 10.1. The topological polar surface area (TPSA) is 53.5 Å². The number of carbonyl (C=O) groups excluding carboxylic acids is 2. The van der Waals surface area contributed by atoms with Gasteiger partial charge in [0.05, 0.1) is 13.1 Å². The molecule has 126 valence electrons. The van der Waals surface area contributed by atoms with Gasteiger partial charge in [-0.1, -0.05) is 37.3 Å².